The van der Waals surface area contributed by atoms with E-state index in [0.29, 0.717) is 25.5 Å². The molecule has 0 saturated heterocycles. The number of amides is 1. The third-order valence-corrected chi connectivity index (χ3v) is 3.51. The number of benzene rings is 1. The van der Waals surface area contributed by atoms with Gasteiger partial charge >= 0.3 is 0 Å². The maximum atomic E-state index is 11.6. The largest absolute Gasteiger partial charge is 0.494 e. The van der Waals surface area contributed by atoms with Crippen molar-refractivity contribution in [2.75, 3.05) is 32.1 Å². The quantitative estimate of drug-likeness (QED) is 0.533. The van der Waals surface area contributed by atoms with Crippen LogP contribution in [0, 0.1) is 0 Å². The van der Waals surface area contributed by atoms with Crippen LogP contribution < -0.4 is 10.1 Å². The van der Waals surface area contributed by atoms with Crippen molar-refractivity contribution in [3.63, 3.8) is 0 Å². The fraction of sp³-hybridized carbons (Fsp3) is 0.533. The molecule has 0 saturated carbocycles. The number of nitrogens with one attached hydrogen (secondary N) is 1. The van der Waals surface area contributed by atoms with Crippen LogP contribution in [-0.4, -0.2) is 38.0 Å². The molecule has 1 aromatic rings. The van der Waals surface area contributed by atoms with Gasteiger partial charge < -0.3 is 14.8 Å². The Kier molecular flexibility index (Phi) is 8.91. The molecule has 0 aromatic heterocycles. The number of hydrogen-bond donors (Lipinski definition) is 1. The molecule has 0 radical (unpaired) electrons. The highest BCUT2D eigenvalue weighted by molar-refractivity contribution is 8.00. The summed E-state index contributed by atoms with van der Waals surface area (Å²) in [5, 5.41) is 2.88. The van der Waals surface area contributed by atoms with E-state index in [9.17, 15) is 4.79 Å². The highest BCUT2D eigenvalue weighted by Gasteiger charge is 2.02. The molecule has 0 heterocycles. The summed E-state index contributed by atoms with van der Waals surface area (Å²) < 4.78 is 10.6. The number of hydrogen-bond acceptors (Lipinski definition) is 4. The van der Waals surface area contributed by atoms with Crippen LogP contribution in [0.5, 0.6) is 5.75 Å². The summed E-state index contributed by atoms with van der Waals surface area (Å²) in [6.45, 7) is 6.67. The highest BCUT2D eigenvalue weighted by atomic mass is 32.2. The minimum atomic E-state index is 0.0559. The zero-order valence-corrected chi connectivity index (χ0v) is 13.0. The summed E-state index contributed by atoms with van der Waals surface area (Å²) in [6.07, 6.45) is 0.854. The second-order valence-electron chi connectivity index (χ2n) is 4.09. The molecule has 112 valence electrons. The highest BCUT2D eigenvalue weighted by Crippen LogP contribution is 2.21. The van der Waals surface area contributed by atoms with E-state index in [1.54, 1.807) is 0 Å². The van der Waals surface area contributed by atoms with Crippen molar-refractivity contribution in [2.24, 2.45) is 0 Å². The van der Waals surface area contributed by atoms with E-state index < -0.39 is 0 Å². The molecule has 0 aliphatic carbocycles. The average Bonchev–Trinajstić information content (AvgIpc) is 2.47. The molecule has 0 bridgehead atoms. The summed E-state index contributed by atoms with van der Waals surface area (Å²) in [6, 6.07) is 7.79. The molecule has 1 N–H and O–H groups in total. The molecule has 0 aliphatic heterocycles. The van der Waals surface area contributed by atoms with E-state index in [-0.39, 0.29) is 5.91 Å². The molecule has 4 nitrogen and oxygen atoms in total. The monoisotopic (exact) mass is 297 g/mol. The van der Waals surface area contributed by atoms with Gasteiger partial charge in [-0.25, -0.2) is 0 Å². The first-order valence-electron chi connectivity index (χ1n) is 6.96. The first-order chi connectivity index (χ1) is 9.76. The van der Waals surface area contributed by atoms with Crippen LogP contribution in [0.1, 0.15) is 20.3 Å². The van der Waals surface area contributed by atoms with Gasteiger partial charge in [-0.15, -0.1) is 11.8 Å². The molecular formula is C15H23NO3S. The smallest absolute Gasteiger partial charge is 0.230 e. The molecule has 0 aliphatic rings. The van der Waals surface area contributed by atoms with Crippen molar-refractivity contribution in [2.45, 2.75) is 25.2 Å². The molecule has 5 heteroatoms. The van der Waals surface area contributed by atoms with Crippen LogP contribution in [0.25, 0.3) is 0 Å². The van der Waals surface area contributed by atoms with Crippen molar-refractivity contribution < 1.29 is 14.3 Å². The lowest BCUT2D eigenvalue weighted by Gasteiger charge is -2.06. The molecule has 1 amide bonds. The summed E-state index contributed by atoms with van der Waals surface area (Å²) >= 11 is 1.52. The van der Waals surface area contributed by atoms with Crippen LogP contribution in [0.4, 0.5) is 0 Å². The number of thioether (sulfide) groups is 1. The lowest BCUT2D eigenvalue weighted by atomic mass is 10.3. The lowest BCUT2D eigenvalue weighted by molar-refractivity contribution is -0.118. The van der Waals surface area contributed by atoms with Gasteiger partial charge in [0.2, 0.25) is 5.91 Å². The first-order valence-corrected chi connectivity index (χ1v) is 7.95. The van der Waals surface area contributed by atoms with Gasteiger partial charge in [-0.05, 0) is 44.5 Å². The topological polar surface area (TPSA) is 47.6 Å². The number of rotatable bonds is 10. The Morgan fingerprint density at radius 3 is 2.60 bits per heavy atom. The maximum Gasteiger partial charge on any atom is 0.230 e. The Bertz CT molecular complexity index is 381. The number of carbonyl (C=O) groups is 1. The van der Waals surface area contributed by atoms with Gasteiger partial charge in [0, 0.05) is 24.7 Å². The summed E-state index contributed by atoms with van der Waals surface area (Å²) in [5.74, 6) is 1.35. The van der Waals surface area contributed by atoms with Crippen molar-refractivity contribution in [1.29, 1.82) is 0 Å². The molecule has 20 heavy (non-hydrogen) atoms. The van der Waals surface area contributed by atoms with Gasteiger partial charge in [0.1, 0.15) is 5.75 Å². The van der Waals surface area contributed by atoms with Crippen LogP contribution in [0.3, 0.4) is 0 Å². The minimum Gasteiger partial charge on any atom is -0.494 e. The maximum absolute atomic E-state index is 11.6. The van der Waals surface area contributed by atoms with Gasteiger partial charge in [-0.1, -0.05) is 0 Å². The Balaban J connectivity index is 2.16. The minimum absolute atomic E-state index is 0.0559. The van der Waals surface area contributed by atoms with E-state index in [1.165, 1.54) is 11.8 Å². The van der Waals surface area contributed by atoms with E-state index in [4.69, 9.17) is 9.47 Å². The summed E-state index contributed by atoms with van der Waals surface area (Å²) in [5.41, 5.74) is 0. The van der Waals surface area contributed by atoms with Crippen molar-refractivity contribution in [3.8, 4) is 5.75 Å². The SMILES string of the molecule is CCOCCCNC(=O)CSc1ccc(OCC)cc1. The van der Waals surface area contributed by atoms with E-state index >= 15 is 0 Å². The predicted octanol–water partition coefficient (Wildman–Crippen LogP) is 2.72. The van der Waals surface area contributed by atoms with Crippen molar-refractivity contribution in [3.05, 3.63) is 24.3 Å². The standard InChI is InChI=1S/C15H23NO3S/c1-3-18-11-5-10-16-15(17)12-20-14-8-6-13(7-9-14)19-4-2/h6-9H,3-5,10-12H2,1-2H3,(H,16,17). The molecule has 0 atom stereocenters. The second kappa shape index (κ2) is 10.6. The van der Waals surface area contributed by atoms with Crippen LogP contribution in [0.15, 0.2) is 29.2 Å². The zero-order chi connectivity index (χ0) is 14.6. The molecular weight excluding hydrogens is 274 g/mol. The summed E-state index contributed by atoms with van der Waals surface area (Å²) in [7, 11) is 0. The molecule has 0 fully saturated rings. The Hall–Kier alpha value is -1.20. The molecule has 0 unspecified atom stereocenters. The summed E-state index contributed by atoms with van der Waals surface area (Å²) in [4.78, 5) is 12.7. The van der Waals surface area contributed by atoms with Gasteiger partial charge in [-0.3, -0.25) is 4.79 Å². The number of carbonyl (C=O) groups excluding carboxylic acids is 1. The van der Waals surface area contributed by atoms with E-state index in [1.807, 2.05) is 38.1 Å². The predicted molar refractivity (Wildman–Crippen MR) is 82.5 cm³/mol. The third kappa shape index (κ3) is 7.40. The fourth-order valence-electron chi connectivity index (χ4n) is 1.55. The van der Waals surface area contributed by atoms with Gasteiger partial charge in [0.25, 0.3) is 0 Å². The van der Waals surface area contributed by atoms with Crippen molar-refractivity contribution >= 4 is 17.7 Å². The molecule has 1 aromatic carbocycles. The first kappa shape index (κ1) is 16.9. The van der Waals surface area contributed by atoms with Crippen LogP contribution in [-0.2, 0) is 9.53 Å². The molecule has 0 spiro atoms. The van der Waals surface area contributed by atoms with Crippen molar-refractivity contribution in [1.82, 2.24) is 5.32 Å². The Morgan fingerprint density at radius 1 is 1.20 bits per heavy atom. The number of ether oxygens (including phenoxy) is 2. The van der Waals surface area contributed by atoms with Gasteiger partial charge in [0.15, 0.2) is 0 Å². The van der Waals surface area contributed by atoms with E-state index in [0.717, 1.165) is 23.7 Å². The van der Waals surface area contributed by atoms with Crippen LogP contribution >= 0.6 is 11.8 Å². The third-order valence-electron chi connectivity index (χ3n) is 2.50. The molecule has 1 rings (SSSR count). The second-order valence-corrected chi connectivity index (χ2v) is 5.14. The zero-order valence-electron chi connectivity index (χ0n) is 12.2. The Morgan fingerprint density at radius 2 is 1.95 bits per heavy atom. The van der Waals surface area contributed by atoms with Gasteiger partial charge in [-0.2, -0.15) is 0 Å². The lowest BCUT2D eigenvalue weighted by Crippen LogP contribution is -2.26. The average molecular weight is 297 g/mol. The Labute approximate surface area is 125 Å². The fourth-order valence-corrected chi connectivity index (χ4v) is 2.27. The van der Waals surface area contributed by atoms with Gasteiger partial charge in [0.05, 0.1) is 12.4 Å². The normalized spacial score (nSPS) is 10.3. The van der Waals surface area contributed by atoms with E-state index in [2.05, 4.69) is 5.32 Å². The van der Waals surface area contributed by atoms with Crippen LogP contribution in [0.2, 0.25) is 0 Å².